The van der Waals surface area contributed by atoms with Crippen LogP contribution in [0, 0.1) is 10.8 Å². The molecule has 5 aliphatic carbocycles. The molecule has 0 radical (unpaired) electrons. The molecule has 5 aliphatic rings. The summed E-state index contributed by atoms with van der Waals surface area (Å²) < 4.78 is 0. The van der Waals surface area contributed by atoms with Crippen LogP contribution in [0.25, 0.3) is 43.4 Å². The number of nitrogens with zero attached hydrogens (tertiary/aromatic N) is 2. The van der Waals surface area contributed by atoms with Gasteiger partial charge >= 0.3 is 0 Å². The lowest BCUT2D eigenvalue weighted by atomic mass is 9.49. The molecule has 4 saturated carbocycles. The van der Waals surface area contributed by atoms with Gasteiger partial charge in [0.2, 0.25) is 0 Å². The van der Waals surface area contributed by atoms with Crippen LogP contribution in [0.2, 0.25) is 0 Å². The second-order valence-corrected chi connectivity index (χ2v) is 28.5. The molecule has 0 spiro atoms. The predicted molar refractivity (Wildman–Crippen MR) is 357 cm³/mol. The average Bonchev–Trinajstić information content (AvgIpc) is 1.59. The van der Waals surface area contributed by atoms with E-state index in [1.807, 2.05) is 0 Å². The van der Waals surface area contributed by atoms with Gasteiger partial charge in [-0.15, -0.1) is 0 Å². The molecule has 14 rings (SSSR count). The lowest BCUT2D eigenvalue weighted by Gasteiger charge is -2.54. The highest BCUT2D eigenvalue weighted by molar-refractivity contribution is 6.20. The van der Waals surface area contributed by atoms with Crippen molar-refractivity contribution in [3.8, 4) is 11.1 Å². The van der Waals surface area contributed by atoms with E-state index in [0.29, 0.717) is 23.7 Å². The zero-order valence-electron chi connectivity index (χ0n) is 51.0. The van der Waals surface area contributed by atoms with Crippen molar-refractivity contribution in [2.24, 2.45) is 10.8 Å². The predicted octanol–water partition coefficient (Wildman–Crippen LogP) is 24.6. The monoisotopic (exact) mass is 1090 g/mol. The van der Waals surface area contributed by atoms with Gasteiger partial charge in [0.05, 0.1) is 0 Å². The van der Waals surface area contributed by atoms with E-state index in [2.05, 4.69) is 221 Å². The van der Waals surface area contributed by atoms with Gasteiger partial charge in [-0.1, -0.05) is 216 Å². The Kier molecular flexibility index (Phi) is 14.5. The normalized spacial score (nSPS) is 18.4. The van der Waals surface area contributed by atoms with Crippen LogP contribution in [0.1, 0.15) is 227 Å². The molecule has 4 fully saturated rings. The Morgan fingerprint density at radius 3 is 1.04 bits per heavy atom. The van der Waals surface area contributed by atoms with Crippen LogP contribution in [0.15, 0.2) is 170 Å². The summed E-state index contributed by atoms with van der Waals surface area (Å²) in [6.45, 7) is 15.2. The first-order chi connectivity index (χ1) is 40.4. The zero-order valence-corrected chi connectivity index (χ0v) is 51.0. The van der Waals surface area contributed by atoms with Crippen molar-refractivity contribution >= 4 is 66.4 Å². The fourth-order valence-corrected chi connectivity index (χ4v) is 18.0. The van der Waals surface area contributed by atoms with E-state index in [1.54, 1.807) is 0 Å². The van der Waals surface area contributed by atoms with Gasteiger partial charge in [-0.3, -0.25) is 0 Å². The molecule has 0 bridgehead atoms. The molecule has 0 amide bonds. The molecule has 424 valence electrons. The summed E-state index contributed by atoms with van der Waals surface area (Å²) in [7, 11) is 0. The minimum atomic E-state index is -0.372. The largest absolute Gasteiger partial charge is 0.310 e. The molecule has 9 aromatic rings. The number of fused-ring (bicyclic) bond motifs is 10. The lowest BCUT2D eigenvalue weighted by Crippen LogP contribution is -2.50. The van der Waals surface area contributed by atoms with E-state index in [1.165, 1.54) is 239 Å². The van der Waals surface area contributed by atoms with Crippen LogP contribution in [-0.2, 0) is 5.41 Å². The van der Waals surface area contributed by atoms with Crippen molar-refractivity contribution in [3.63, 3.8) is 0 Å². The summed E-state index contributed by atoms with van der Waals surface area (Å²) in [5.74, 6) is 2.68. The van der Waals surface area contributed by atoms with Crippen molar-refractivity contribution < 1.29 is 0 Å². The van der Waals surface area contributed by atoms with Gasteiger partial charge in [0, 0.05) is 39.5 Å². The number of hydrogen-bond acceptors (Lipinski definition) is 2. The van der Waals surface area contributed by atoms with Crippen molar-refractivity contribution in [2.45, 2.75) is 199 Å². The molecule has 0 unspecified atom stereocenters. The van der Waals surface area contributed by atoms with Gasteiger partial charge in [-0.25, -0.2) is 0 Å². The number of hydrogen-bond donors (Lipinski definition) is 0. The third kappa shape index (κ3) is 9.62. The molecule has 0 aliphatic heterocycles. The van der Waals surface area contributed by atoms with Gasteiger partial charge in [0.15, 0.2) is 0 Å². The molecular formula is C81H90N2. The third-order valence-corrected chi connectivity index (χ3v) is 21.7. The lowest BCUT2D eigenvalue weighted by molar-refractivity contribution is 0.0977. The molecule has 0 atom stereocenters. The summed E-state index contributed by atoms with van der Waals surface area (Å²) in [6.07, 6.45) is 26.8. The molecule has 83 heavy (non-hydrogen) atoms. The van der Waals surface area contributed by atoms with Gasteiger partial charge in [-0.05, 0) is 235 Å². The maximum absolute atomic E-state index is 2.56. The van der Waals surface area contributed by atoms with Crippen LogP contribution in [0.3, 0.4) is 0 Å². The average molecular weight is 1090 g/mol. The SMILES string of the molecule is CC(C)(C)C1(C(C)(C)C)c2c(ccc3cc(N(c4ccc(C5CCCCC5)cc4)c4ccc(C5CCCCC5)cc4)ccc23)-c2c1c1ccc(N(c3ccc(C4CCCCC4)cc3)c3ccc(C4CCCCC4)cc3)cc1c1ccccc21. The summed E-state index contributed by atoms with van der Waals surface area (Å²) >= 11 is 0. The van der Waals surface area contributed by atoms with Crippen LogP contribution < -0.4 is 9.80 Å². The molecule has 0 heterocycles. The Balaban J connectivity index is 0.925. The molecule has 0 N–H and O–H groups in total. The Labute approximate surface area is 497 Å². The summed E-state index contributed by atoms with van der Waals surface area (Å²) in [5, 5.41) is 8.03. The van der Waals surface area contributed by atoms with E-state index in [-0.39, 0.29) is 16.2 Å². The second-order valence-electron chi connectivity index (χ2n) is 28.5. The maximum Gasteiger partial charge on any atom is 0.0468 e. The Hall–Kier alpha value is -6.64. The molecule has 2 heteroatoms. The van der Waals surface area contributed by atoms with Gasteiger partial charge < -0.3 is 9.80 Å². The molecule has 0 aromatic heterocycles. The first kappa shape index (κ1) is 54.3. The Morgan fingerprint density at radius 2 is 0.651 bits per heavy atom. The first-order valence-electron chi connectivity index (χ1n) is 33.0. The minimum Gasteiger partial charge on any atom is -0.310 e. The number of anilines is 6. The molecule has 2 nitrogen and oxygen atoms in total. The first-order valence-corrected chi connectivity index (χ1v) is 33.0. The highest BCUT2D eigenvalue weighted by Gasteiger charge is 2.59. The van der Waals surface area contributed by atoms with E-state index >= 15 is 0 Å². The maximum atomic E-state index is 2.56. The van der Waals surface area contributed by atoms with Crippen molar-refractivity contribution in [1.29, 1.82) is 0 Å². The highest BCUT2D eigenvalue weighted by atomic mass is 15.1. The highest BCUT2D eigenvalue weighted by Crippen LogP contribution is 2.69. The third-order valence-electron chi connectivity index (χ3n) is 21.7. The van der Waals surface area contributed by atoms with Gasteiger partial charge in [-0.2, -0.15) is 0 Å². The zero-order chi connectivity index (χ0) is 56.5. The fraction of sp³-hybridized carbons (Fsp3) is 0.407. The number of benzene rings is 9. The van der Waals surface area contributed by atoms with Gasteiger partial charge in [0.25, 0.3) is 0 Å². The van der Waals surface area contributed by atoms with Crippen molar-refractivity contribution in [2.75, 3.05) is 9.80 Å². The van der Waals surface area contributed by atoms with Crippen LogP contribution in [0.4, 0.5) is 34.1 Å². The van der Waals surface area contributed by atoms with Crippen LogP contribution in [-0.4, -0.2) is 0 Å². The molecular weight excluding hydrogens is 1000 g/mol. The van der Waals surface area contributed by atoms with Crippen molar-refractivity contribution in [3.05, 3.63) is 203 Å². The van der Waals surface area contributed by atoms with E-state index in [0.717, 1.165) is 0 Å². The minimum absolute atomic E-state index is 0.176. The second kappa shape index (κ2) is 22.1. The standard InChI is InChI=1S/C81H90N2/c1-79(2,3)81(80(4,5)6)77-70-51-48-68(82(64-40-31-59(32-41-64)55-21-11-7-12-22-55)65-42-33-60(34-43-65)56-23-13-8-14-24-56)53-63(70)39-50-74(77)76-72-30-20-19-29-71(72)75-54-69(49-52-73(75)78(76)81)83(66-44-35-61(36-45-66)57-25-15-9-16-26-57)67-46-37-62(38-47-67)58-27-17-10-18-28-58/h19-20,29-58H,7-18,21-28H2,1-6H3. The molecule has 0 saturated heterocycles. The molecule has 9 aromatic carbocycles. The van der Waals surface area contributed by atoms with Crippen molar-refractivity contribution in [1.82, 2.24) is 0 Å². The van der Waals surface area contributed by atoms with E-state index < -0.39 is 0 Å². The van der Waals surface area contributed by atoms with E-state index in [9.17, 15) is 0 Å². The Bertz CT molecular complexity index is 3630. The Morgan fingerprint density at radius 1 is 0.301 bits per heavy atom. The van der Waals surface area contributed by atoms with Crippen LogP contribution >= 0.6 is 0 Å². The van der Waals surface area contributed by atoms with Gasteiger partial charge in [0.1, 0.15) is 0 Å². The number of rotatable bonds is 10. The van der Waals surface area contributed by atoms with E-state index in [4.69, 9.17) is 0 Å². The van der Waals surface area contributed by atoms with Crippen LogP contribution in [0.5, 0.6) is 0 Å². The fourth-order valence-electron chi connectivity index (χ4n) is 18.0. The topological polar surface area (TPSA) is 6.48 Å². The quantitative estimate of drug-likeness (QED) is 0.126. The summed E-state index contributed by atoms with van der Waals surface area (Å²) in [6, 6.07) is 68.3. The smallest absolute Gasteiger partial charge is 0.0468 e. The summed E-state index contributed by atoms with van der Waals surface area (Å²) in [4.78, 5) is 5.09. The summed E-state index contributed by atoms with van der Waals surface area (Å²) in [5.41, 5.74) is 18.4.